The fraction of sp³-hybridized carbons (Fsp3) is 0.0714. The first-order valence-electron chi connectivity index (χ1n) is 6.16. The number of nitrogen functional groups attached to an aromatic ring is 1. The summed E-state index contributed by atoms with van der Waals surface area (Å²) in [5, 5.41) is 1.69. The maximum Gasteiger partial charge on any atom is 0.212 e. The van der Waals surface area contributed by atoms with Crippen LogP contribution in [0.25, 0.3) is 5.70 Å². The van der Waals surface area contributed by atoms with Crippen molar-refractivity contribution in [3.63, 3.8) is 0 Å². The Morgan fingerprint density at radius 1 is 1.25 bits per heavy atom. The molecule has 0 fully saturated rings. The van der Waals surface area contributed by atoms with Gasteiger partial charge in [0, 0.05) is 23.6 Å². The van der Waals surface area contributed by atoms with Gasteiger partial charge in [0.2, 0.25) is 5.82 Å². The lowest BCUT2D eigenvalue weighted by Crippen LogP contribution is -2.39. The zero-order chi connectivity index (χ0) is 13.9. The maximum absolute atomic E-state index is 5.80. The molecule has 1 aromatic heterocycles. The third kappa shape index (κ3) is 2.18. The van der Waals surface area contributed by atoms with Crippen molar-refractivity contribution < 1.29 is 4.74 Å². The van der Waals surface area contributed by atoms with Crippen LogP contribution in [0.5, 0.6) is 5.75 Å². The number of anilines is 2. The standard InChI is InChI=1S/C14H15N5O/c1-20-13-6-3-7-16-14(13)19-17-9-12(18-19)10-4-2-5-11(15)8-10/h2-9,17-18H,15H2,1H3. The Morgan fingerprint density at radius 3 is 2.95 bits per heavy atom. The Labute approximate surface area is 116 Å². The first-order valence-corrected chi connectivity index (χ1v) is 6.16. The van der Waals surface area contributed by atoms with E-state index < -0.39 is 0 Å². The van der Waals surface area contributed by atoms with Crippen molar-refractivity contribution in [3.8, 4) is 5.75 Å². The summed E-state index contributed by atoms with van der Waals surface area (Å²) in [6, 6.07) is 11.3. The van der Waals surface area contributed by atoms with Gasteiger partial charge in [-0.05, 0) is 24.3 Å². The number of rotatable bonds is 3. The normalized spacial score (nSPS) is 13.4. The number of pyridine rings is 1. The highest BCUT2D eigenvalue weighted by Crippen LogP contribution is 2.26. The molecule has 20 heavy (non-hydrogen) atoms. The SMILES string of the molecule is COc1cccnc1N1NC=C(c2cccc(N)c2)N1. The van der Waals surface area contributed by atoms with Gasteiger partial charge in [-0.15, -0.1) is 0 Å². The molecule has 0 radical (unpaired) electrons. The van der Waals surface area contributed by atoms with Gasteiger partial charge in [0.25, 0.3) is 0 Å². The molecule has 6 nitrogen and oxygen atoms in total. The number of aromatic nitrogens is 1. The third-order valence-corrected chi connectivity index (χ3v) is 2.95. The Balaban J connectivity index is 1.82. The van der Waals surface area contributed by atoms with Crippen LogP contribution in [-0.2, 0) is 0 Å². The molecule has 2 heterocycles. The Hall–Kier alpha value is -2.89. The predicted octanol–water partition coefficient (Wildman–Crippen LogP) is 1.50. The summed E-state index contributed by atoms with van der Waals surface area (Å²) in [5.74, 6) is 1.33. The number of hydrogen-bond acceptors (Lipinski definition) is 6. The van der Waals surface area contributed by atoms with Crippen molar-refractivity contribution >= 4 is 17.2 Å². The van der Waals surface area contributed by atoms with Crippen LogP contribution in [0.3, 0.4) is 0 Å². The van der Waals surface area contributed by atoms with Gasteiger partial charge in [-0.1, -0.05) is 12.1 Å². The molecule has 0 amide bonds. The topological polar surface area (TPSA) is 75.4 Å². The zero-order valence-electron chi connectivity index (χ0n) is 11.0. The molecule has 1 aromatic carbocycles. The summed E-state index contributed by atoms with van der Waals surface area (Å²) in [6.45, 7) is 0. The van der Waals surface area contributed by atoms with E-state index in [2.05, 4.69) is 15.8 Å². The smallest absolute Gasteiger partial charge is 0.212 e. The summed E-state index contributed by atoms with van der Waals surface area (Å²) in [7, 11) is 1.61. The molecule has 3 rings (SSSR count). The fourth-order valence-corrected chi connectivity index (χ4v) is 1.99. The van der Waals surface area contributed by atoms with Gasteiger partial charge in [-0.3, -0.25) is 10.9 Å². The van der Waals surface area contributed by atoms with Crippen LogP contribution in [0.4, 0.5) is 11.5 Å². The monoisotopic (exact) mass is 269 g/mol. The average molecular weight is 269 g/mol. The minimum atomic E-state index is 0.658. The first kappa shape index (κ1) is 12.2. The van der Waals surface area contributed by atoms with Gasteiger partial charge in [0.15, 0.2) is 5.75 Å². The van der Waals surface area contributed by atoms with Crippen LogP contribution in [0, 0.1) is 0 Å². The molecular weight excluding hydrogens is 254 g/mol. The highest BCUT2D eigenvalue weighted by atomic mass is 16.5. The minimum absolute atomic E-state index is 0.658. The molecule has 6 heteroatoms. The van der Waals surface area contributed by atoms with Gasteiger partial charge >= 0.3 is 0 Å². The van der Waals surface area contributed by atoms with Crippen molar-refractivity contribution in [1.82, 2.24) is 15.8 Å². The third-order valence-electron chi connectivity index (χ3n) is 2.95. The number of ether oxygens (including phenoxy) is 1. The molecule has 0 bridgehead atoms. The predicted molar refractivity (Wildman–Crippen MR) is 78.4 cm³/mol. The highest BCUT2D eigenvalue weighted by Gasteiger charge is 2.19. The molecule has 0 saturated carbocycles. The van der Waals surface area contributed by atoms with Crippen molar-refractivity contribution in [1.29, 1.82) is 0 Å². The summed E-state index contributed by atoms with van der Waals surface area (Å²) in [5.41, 5.74) is 14.7. The molecule has 4 N–H and O–H groups in total. The molecular formula is C14H15N5O. The van der Waals surface area contributed by atoms with Crippen LogP contribution in [0.1, 0.15) is 5.56 Å². The van der Waals surface area contributed by atoms with Gasteiger partial charge in [-0.25, -0.2) is 4.98 Å². The maximum atomic E-state index is 5.80. The number of nitrogens with one attached hydrogen (secondary N) is 2. The fourth-order valence-electron chi connectivity index (χ4n) is 1.99. The lowest BCUT2D eigenvalue weighted by atomic mass is 10.1. The molecule has 1 aliphatic heterocycles. The summed E-state index contributed by atoms with van der Waals surface area (Å²) in [4.78, 5) is 4.30. The quantitative estimate of drug-likeness (QED) is 0.733. The molecule has 1 aliphatic rings. The highest BCUT2D eigenvalue weighted by molar-refractivity contribution is 5.70. The van der Waals surface area contributed by atoms with Crippen LogP contribution in [-0.4, -0.2) is 12.1 Å². The van der Waals surface area contributed by atoms with E-state index in [0.717, 1.165) is 16.9 Å². The van der Waals surface area contributed by atoms with Crippen LogP contribution in [0.15, 0.2) is 48.8 Å². The van der Waals surface area contributed by atoms with Gasteiger partial charge in [-0.2, -0.15) is 5.12 Å². The van der Waals surface area contributed by atoms with Crippen molar-refractivity contribution in [2.45, 2.75) is 0 Å². The van der Waals surface area contributed by atoms with Crippen molar-refractivity contribution in [3.05, 3.63) is 54.4 Å². The van der Waals surface area contributed by atoms with Crippen LogP contribution in [0.2, 0.25) is 0 Å². The van der Waals surface area contributed by atoms with Gasteiger partial charge < -0.3 is 10.5 Å². The molecule has 0 unspecified atom stereocenters. The second-order valence-corrected chi connectivity index (χ2v) is 4.29. The lowest BCUT2D eigenvalue weighted by Gasteiger charge is -2.20. The molecule has 0 aliphatic carbocycles. The van der Waals surface area contributed by atoms with E-state index in [9.17, 15) is 0 Å². The Morgan fingerprint density at radius 2 is 2.15 bits per heavy atom. The number of benzene rings is 1. The van der Waals surface area contributed by atoms with Crippen LogP contribution < -0.4 is 26.4 Å². The molecule has 0 spiro atoms. The van der Waals surface area contributed by atoms with E-state index in [1.165, 1.54) is 0 Å². The van der Waals surface area contributed by atoms with E-state index in [1.54, 1.807) is 18.4 Å². The van der Waals surface area contributed by atoms with E-state index in [-0.39, 0.29) is 0 Å². The lowest BCUT2D eigenvalue weighted by molar-refractivity contribution is 0.411. The summed E-state index contributed by atoms with van der Waals surface area (Å²) >= 11 is 0. The largest absolute Gasteiger partial charge is 0.493 e. The molecule has 2 aromatic rings. The van der Waals surface area contributed by atoms with E-state index in [0.29, 0.717) is 11.6 Å². The van der Waals surface area contributed by atoms with E-state index >= 15 is 0 Å². The summed E-state index contributed by atoms with van der Waals surface area (Å²) < 4.78 is 5.29. The van der Waals surface area contributed by atoms with Crippen molar-refractivity contribution in [2.24, 2.45) is 0 Å². The Kier molecular flexibility index (Phi) is 3.04. The number of hydrazine groups is 2. The molecule has 102 valence electrons. The molecule has 0 atom stereocenters. The zero-order valence-corrected chi connectivity index (χ0v) is 11.0. The van der Waals surface area contributed by atoms with E-state index in [1.807, 2.05) is 42.6 Å². The number of hydrogen-bond donors (Lipinski definition) is 3. The number of nitrogens with zero attached hydrogens (tertiary/aromatic N) is 2. The summed E-state index contributed by atoms with van der Waals surface area (Å²) in [6.07, 6.45) is 3.56. The second kappa shape index (κ2) is 5.00. The van der Waals surface area contributed by atoms with Gasteiger partial charge in [0.05, 0.1) is 12.8 Å². The van der Waals surface area contributed by atoms with E-state index in [4.69, 9.17) is 10.5 Å². The number of methoxy groups -OCH3 is 1. The van der Waals surface area contributed by atoms with Crippen molar-refractivity contribution in [2.75, 3.05) is 18.0 Å². The first-order chi connectivity index (χ1) is 9.78. The second-order valence-electron chi connectivity index (χ2n) is 4.29. The average Bonchev–Trinajstić information content (AvgIpc) is 2.97. The molecule has 0 saturated heterocycles. The van der Waals surface area contributed by atoms with Gasteiger partial charge in [0.1, 0.15) is 0 Å². The number of nitrogens with two attached hydrogens (primary N) is 1. The minimum Gasteiger partial charge on any atom is -0.493 e. The van der Waals surface area contributed by atoms with Crippen LogP contribution >= 0.6 is 0 Å². The Bertz CT molecular complexity index is 656.